The van der Waals surface area contributed by atoms with Gasteiger partial charge < -0.3 is 15.2 Å². The molecule has 25 heavy (non-hydrogen) atoms. The first-order valence-electron chi connectivity index (χ1n) is 8.16. The minimum Gasteiger partial charge on any atom is -0.475 e. The first-order valence-corrected chi connectivity index (χ1v) is 8.53. The van der Waals surface area contributed by atoms with Gasteiger partial charge in [0.25, 0.3) is 0 Å². The molecule has 2 amide bonds. The number of hydrogen-bond acceptors (Lipinski definition) is 5. The Labute approximate surface area is 153 Å². The highest BCUT2D eigenvalue weighted by Crippen LogP contribution is 2.18. The van der Waals surface area contributed by atoms with Crippen LogP contribution in [0.2, 0.25) is 5.02 Å². The van der Waals surface area contributed by atoms with E-state index in [1.165, 1.54) is 11.1 Å². The molecule has 0 bridgehead atoms. The summed E-state index contributed by atoms with van der Waals surface area (Å²) < 4.78 is 10.9. The van der Waals surface area contributed by atoms with Gasteiger partial charge in [0, 0.05) is 12.3 Å². The first-order chi connectivity index (χ1) is 11.6. The molecule has 1 heterocycles. The van der Waals surface area contributed by atoms with Crippen molar-refractivity contribution in [2.24, 2.45) is 11.7 Å². The van der Waals surface area contributed by atoms with E-state index in [9.17, 15) is 9.59 Å². The van der Waals surface area contributed by atoms with Crippen LogP contribution in [-0.4, -0.2) is 46.7 Å². The normalized spacial score (nSPS) is 13.4. The molecule has 8 heteroatoms. The summed E-state index contributed by atoms with van der Waals surface area (Å²) in [7, 11) is 0. The molecule has 0 fully saturated rings. The molecule has 140 valence electrons. The van der Waals surface area contributed by atoms with Gasteiger partial charge in [0.05, 0.1) is 17.2 Å². The maximum Gasteiger partial charge on any atom is 0.411 e. The van der Waals surface area contributed by atoms with Crippen LogP contribution in [0, 0.1) is 5.92 Å². The quantitative estimate of drug-likeness (QED) is 0.758. The highest BCUT2D eigenvalue weighted by Gasteiger charge is 2.36. The number of carbonyl (C=O) groups is 2. The lowest BCUT2D eigenvalue weighted by Crippen LogP contribution is -2.56. The first kappa shape index (κ1) is 21.0. The monoisotopic (exact) mass is 371 g/mol. The zero-order chi connectivity index (χ0) is 19.1. The highest BCUT2D eigenvalue weighted by atomic mass is 35.5. The summed E-state index contributed by atoms with van der Waals surface area (Å²) >= 11 is 5.79. The van der Waals surface area contributed by atoms with Crippen LogP contribution in [0.5, 0.6) is 5.88 Å². The highest BCUT2D eigenvalue weighted by molar-refractivity contribution is 6.30. The number of rotatable bonds is 8. The van der Waals surface area contributed by atoms with Crippen molar-refractivity contribution in [2.45, 2.75) is 52.8 Å². The van der Waals surface area contributed by atoms with Crippen molar-refractivity contribution < 1.29 is 19.1 Å². The molecule has 0 aliphatic carbocycles. The molecule has 1 aromatic heterocycles. The topological polar surface area (TPSA) is 94.8 Å². The molecule has 0 aliphatic rings. The van der Waals surface area contributed by atoms with Gasteiger partial charge in [-0.05, 0) is 32.8 Å². The second kappa shape index (κ2) is 9.46. The van der Waals surface area contributed by atoms with Crippen molar-refractivity contribution in [3.8, 4) is 5.88 Å². The average molecular weight is 372 g/mol. The number of nitrogens with two attached hydrogens (primary N) is 1. The van der Waals surface area contributed by atoms with Crippen LogP contribution >= 0.6 is 11.6 Å². The molecule has 0 spiro atoms. The number of pyridine rings is 1. The fourth-order valence-electron chi connectivity index (χ4n) is 2.35. The van der Waals surface area contributed by atoms with Crippen molar-refractivity contribution >= 4 is 23.6 Å². The fourth-order valence-corrected chi connectivity index (χ4v) is 2.46. The maximum atomic E-state index is 12.5. The third-order valence-electron chi connectivity index (χ3n) is 3.42. The Kier molecular flexibility index (Phi) is 7.96. The number of ether oxygens (including phenoxy) is 2. The lowest BCUT2D eigenvalue weighted by Gasteiger charge is -2.36. The summed E-state index contributed by atoms with van der Waals surface area (Å²) in [5.74, 6) is -0.394. The molecule has 2 atom stereocenters. The van der Waals surface area contributed by atoms with Crippen molar-refractivity contribution in [1.82, 2.24) is 9.88 Å². The van der Waals surface area contributed by atoms with E-state index < -0.39 is 24.1 Å². The minimum atomic E-state index is -0.803. The molecule has 1 unspecified atom stereocenters. The Balaban J connectivity index is 2.93. The van der Waals surface area contributed by atoms with Crippen LogP contribution < -0.4 is 10.5 Å². The number of carbonyl (C=O) groups excluding carboxylic acids is 2. The van der Waals surface area contributed by atoms with E-state index in [4.69, 9.17) is 26.8 Å². The van der Waals surface area contributed by atoms with Gasteiger partial charge in [0.2, 0.25) is 11.8 Å². The van der Waals surface area contributed by atoms with E-state index in [1.54, 1.807) is 32.9 Å². The van der Waals surface area contributed by atoms with Gasteiger partial charge in [-0.25, -0.2) is 9.78 Å². The van der Waals surface area contributed by atoms with Crippen molar-refractivity contribution in [3.63, 3.8) is 0 Å². The van der Waals surface area contributed by atoms with E-state index in [0.717, 1.165) is 0 Å². The smallest absolute Gasteiger partial charge is 0.411 e. The molecular weight excluding hydrogens is 346 g/mol. The molecule has 1 aromatic rings. The van der Waals surface area contributed by atoms with Crippen LogP contribution in [0.15, 0.2) is 18.3 Å². The lowest BCUT2D eigenvalue weighted by atomic mass is 10.0. The average Bonchev–Trinajstić information content (AvgIpc) is 2.49. The summed E-state index contributed by atoms with van der Waals surface area (Å²) in [5, 5.41) is 0.496. The largest absolute Gasteiger partial charge is 0.475 e. The Morgan fingerprint density at radius 2 is 1.88 bits per heavy atom. The number of aromatic nitrogens is 1. The Bertz CT molecular complexity index is 578. The van der Waals surface area contributed by atoms with E-state index in [-0.39, 0.29) is 18.6 Å². The number of nitrogens with zero attached hydrogens (tertiary/aromatic N) is 2. The molecule has 1 rings (SSSR count). The standard InChI is InChI=1S/C17H26ClN3O4/c1-10(2)15(16(19)22)21(17(23)25-11(3)4)12(5)9-24-14-7-6-13(18)8-20-14/h6-8,10-12,15H,9H2,1-5H3,(H2,19,22)/t12?,15-/m0/s1. The van der Waals surface area contributed by atoms with E-state index in [2.05, 4.69) is 4.98 Å². The Morgan fingerprint density at radius 3 is 2.32 bits per heavy atom. The van der Waals surface area contributed by atoms with E-state index in [1.807, 2.05) is 13.8 Å². The second-order valence-electron chi connectivity index (χ2n) is 6.41. The van der Waals surface area contributed by atoms with Gasteiger partial charge in [-0.15, -0.1) is 0 Å². The van der Waals surface area contributed by atoms with E-state index >= 15 is 0 Å². The lowest BCUT2D eigenvalue weighted by molar-refractivity contribution is -0.125. The summed E-state index contributed by atoms with van der Waals surface area (Å²) in [5.41, 5.74) is 5.51. The summed E-state index contributed by atoms with van der Waals surface area (Å²) in [4.78, 5) is 29.8. The molecular formula is C17H26ClN3O4. The third-order valence-corrected chi connectivity index (χ3v) is 3.64. The molecule has 0 saturated carbocycles. The molecule has 0 saturated heterocycles. The molecule has 0 aromatic carbocycles. The van der Waals surface area contributed by atoms with Crippen LogP contribution in [-0.2, 0) is 9.53 Å². The predicted molar refractivity (Wildman–Crippen MR) is 95.5 cm³/mol. The van der Waals surface area contributed by atoms with Gasteiger partial charge in [-0.2, -0.15) is 0 Å². The number of amides is 2. The number of halogens is 1. The SMILES string of the molecule is CC(C)OC(=O)N(C(C)COc1ccc(Cl)cn1)[C@H](C(N)=O)C(C)C. The van der Waals surface area contributed by atoms with Gasteiger partial charge in [0.1, 0.15) is 12.6 Å². The van der Waals surface area contributed by atoms with Gasteiger partial charge in [-0.3, -0.25) is 9.69 Å². The van der Waals surface area contributed by atoms with Crippen molar-refractivity contribution in [2.75, 3.05) is 6.61 Å². The maximum absolute atomic E-state index is 12.5. The summed E-state index contributed by atoms with van der Waals surface area (Å²) in [6.45, 7) is 9.00. The van der Waals surface area contributed by atoms with Crippen molar-refractivity contribution in [3.05, 3.63) is 23.4 Å². The minimum absolute atomic E-state index is 0.123. The Morgan fingerprint density at radius 1 is 1.24 bits per heavy atom. The fraction of sp³-hybridized carbons (Fsp3) is 0.588. The number of primary amides is 1. The van der Waals surface area contributed by atoms with Crippen molar-refractivity contribution in [1.29, 1.82) is 0 Å². The van der Waals surface area contributed by atoms with Gasteiger partial charge in [0.15, 0.2) is 0 Å². The van der Waals surface area contributed by atoms with Crippen LogP contribution in [0.4, 0.5) is 4.79 Å². The Hall–Kier alpha value is -2.02. The molecule has 7 nitrogen and oxygen atoms in total. The zero-order valence-corrected chi connectivity index (χ0v) is 16.0. The zero-order valence-electron chi connectivity index (χ0n) is 15.2. The predicted octanol–water partition coefficient (Wildman–Crippen LogP) is 2.86. The van der Waals surface area contributed by atoms with Crippen LogP contribution in [0.3, 0.4) is 0 Å². The van der Waals surface area contributed by atoms with Crippen LogP contribution in [0.25, 0.3) is 0 Å². The molecule has 2 N–H and O–H groups in total. The third kappa shape index (κ3) is 6.42. The van der Waals surface area contributed by atoms with Gasteiger partial charge >= 0.3 is 6.09 Å². The second-order valence-corrected chi connectivity index (χ2v) is 6.84. The molecule has 0 radical (unpaired) electrons. The van der Waals surface area contributed by atoms with E-state index in [0.29, 0.717) is 10.9 Å². The van der Waals surface area contributed by atoms with Crippen LogP contribution in [0.1, 0.15) is 34.6 Å². The van der Waals surface area contributed by atoms with Gasteiger partial charge in [-0.1, -0.05) is 25.4 Å². The molecule has 0 aliphatic heterocycles. The number of hydrogen-bond donors (Lipinski definition) is 1. The summed E-state index contributed by atoms with van der Waals surface area (Å²) in [6.07, 6.45) is 0.543. The summed E-state index contributed by atoms with van der Waals surface area (Å²) in [6, 6.07) is 2.02.